The third kappa shape index (κ3) is 2.34. The summed E-state index contributed by atoms with van der Waals surface area (Å²) < 4.78 is 37.7. The van der Waals surface area contributed by atoms with E-state index in [0.717, 1.165) is 6.07 Å². The summed E-state index contributed by atoms with van der Waals surface area (Å²) in [6.07, 6.45) is 0. The molecule has 0 unspecified atom stereocenters. The summed E-state index contributed by atoms with van der Waals surface area (Å²) >= 11 is 0. The van der Waals surface area contributed by atoms with E-state index in [1.807, 2.05) is 0 Å². The molecule has 0 aliphatic carbocycles. The van der Waals surface area contributed by atoms with Crippen molar-refractivity contribution in [1.82, 2.24) is 0 Å². The highest BCUT2D eigenvalue weighted by atomic mass is 19.1. The topological polar surface area (TPSA) is 35.5 Å². The minimum atomic E-state index is -0.828. The van der Waals surface area contributed by atoms with Gasteiger partial charge in [0.1, 0.15) is 17.1 Å². The van der Waals surface area contributed by atoms with E-state index < -0.39 is 17.4 Å². The van der Waals surface area contributed by atoms with Crippen LogP contribution in [0.4, 0.5) is 8.78 Å². The van der Waals surface area contributed by atoms with Gasteiger partial charge >= 0.3 is 0 Å². The van der Waals surface area contributed by atoms with E-state index in [-0.39, 0.29) is 22.6 Å². The molecule has 3 nitrogen and oxygen atoms in total. The number of hydrogen-bond acceptors (Lipinski definition) is 3. The van der Waals surface area contributed by atoms with Crippen molar-refractivity contribution >= 4 is 5.78 Å². The number of ketones is 1. The molecule has 0 fully saturated rings. The van der Waals surface area contributed by atoms with Crippen LogP contribution in [0.15, 0.2) is 36.4 Å². The fourth-order valence-corrected chi connectivity index (χ4v) is 1.87. The summed E-state index contributed by atoms with van der Waals surface area (Å²) in [5.74, 6) is -2.42. The number of rotatable bonds is 4. The second-order valence-corrected chi connectivity index (χ2v) is 3.97. The van der Waals surface area contributed by atoms with Gasteiger partial charge in [0.2, 0.25) is 5.78 Å². The van der Waals surface area contributed by atoms with Crippen molar-refractivity contribution in [3.63, 3.8) is 0 Å². The first-order valence-corrected chi connectivity index (χ1v) is 5.79. The van der Waals surface area contributed by atoms with Crippen LogP contribution in [0.25, 0.3) is 0 Å². The average molecular weight is 278 g/mol. The third-order valence-electron chi connectivity index (χ3n) is 2.85. The van der Waals surface area contributed by atoms with Crippen LogP contribution in [0.5, 0.6) is 11.5 Å². The van der Waals surface area contributed by atoms with Gasteiger partial charge in [0, 0.05) is 0 Å². The zero-order valence-corrected chi connectivity index (χ0v) is 10.9. The summed E-state index contributed by atoms with van der Waals surface area (Å²) in [5.41, 5.74) is -0.574. The maximum Gasteiger partial charge on any atom is 0.202 e. The van der Waals surface area contributed by atoms with Crippen molar-refractivity contribution in [2.75, 3.05) is 14.2 Å². The molecule has 20 heavy (non-hydrogen) atoms. The highest BCUT2D eigenvalue weighted by Crippen LogP contribution is 2.28. The normalized spacial score (nSPS) is 10.2. The van der Waals surface area contributed by atoms with Crippen LogP contribution in [-0.2, 0) is 0 Å². The second kappa shape index (κ2) is 5.69. The van der Waals surface area contributed by atoms with Gasteiger partial charge in [-0.3, -0.25) is 4.79 Å². The van der Waals surface area contributed by atoms with Crippen LogP contribution < -0.4 is 9.47 Å². The Bertz CT molecular complexity index is 654. The molecule has 0 aliphatic heterocycles. The number of ether oxygens (including phenoxy) is 2. The smallest absolute Gasteiger partial charge is 0.202 e. The maximum atomic E-state index is 14.1. The second-order valence-electron chi connectivity index (χ2n) is 3.97. The molecule has 0 bridgehead atoms. The zero-order chi connectivity index (χ0) is 14.7. The standard InChI is InChI=1S/C15H12F2O3/c1-19-11-7-4-6-10(16)13(11)15(18)9-5-3-8-12(20-2)14(9)17/h3-8H,1-2H3. The van der Waals surface area contributed by atoms with Gasteiger partial charge in [-0.2, -0.15) is 0 Å². The van der Waals surface area contributed by atoms with Gasteiger partial charge in [0.25, 0.3) is 0 Å². The minimum absolute atomic E-state index is 0.0530. The summed E-state index contributed by atoms with van der Waals surface area (Å²) in [7, 11) is 2.60. The molecule has 2 rings (SSSR count). The molecule has 0 spiro atoms. The maximum absolute atomic E-state index is 14.1. The molecule has 2 aromatic rings. The lowest BCUT2D eigenvalue weighted by Crippen LogP contribution is -2.09. The first-order chi connectivity index (χ1) is 9.60. The largest absolute Gasteiger partial charge is 0.496 e. The molecule has 104 valence electrons. The van der Waals surface area contributed by atoms with Gasteiger partial charge in [-0.1, -0.05) is 12.1 Å². The zero-order valence-electron chi connectivity index (χ0n) is 10.9. The molecule has 0 heterocycles. The van der Waals surface area contributed by atoms with Crippen LogP contribution in [0.1, 0.15) is 15.9 Å². The lowest BCUT2D eigenvalue weighted by Gasteiger charge is -2.10. The molecule has 0 amide bonds. The van der Waals surface area contributed by atoms with E-state index in [0.29, 0.717) is 0 Å². The molecular formula is C15H12F2O3. The number of hydrogen-bond donors (Lipinski definition) is 0. The molecule has 0 atom stereocenters. The van der Waals surface area contributed by atoms with Crippen molar-refractivity contribution in [3.05, 3.63) is 59.2 Å². The number of carbonyl (C=O) groups is 1. The Labute approximate surface area is 114 Å². The monoisotopic (exact) mass is 278 g/mol. The van der Waals surface area contributed by atoms with E-state index in [1.54, 1.807) is 0 Å². The van der Waals surface area contributed by atoms with Gasteiger partial charge in [-0.05, 0) is 24.3 Å². The van der Waals surface area contributed by atoms with E-state index in [9.17, 15) is 13.6 Å². The van der Waals surface area contributed by atoms with E-state index in [4.69, 9.17) is 9.47 Å². The van der Waals surface area contributed by atoms with Gasteiger partial charge in [0.05, 0.1) is 19.8 Å². The van der Waals surface area contributed by atoms with Crippen LogP contribution in [0, 0.1) is 11.6 Å². The molecular weight excluding hydrogens is 266 g/mol. The fraction of sp³-hybridized carbons (Fsp3) is 0.133. The Kier molecular flexibility index (Phi) is 3.98. The molecule has 0 saturated carbocycles. The Morgan fingerprint density at radius 1 is 0.950 bits per heavy atom. The van der Waals surface area contributed by atoms with Crippen LogP contribution >= 0.6 is 0 Å². The average Bonchev–Trinajstić information content (AvgIpc) is 2.46. The Balaban J connectivity index is 2.58. The van der Waals surface area contributed by atoms with Crippen molar-refractivity contribution in [1.29, 1.82) is 0 Å². The molecule has 2 aromatic carbocycles. The highest BCUT2D eigenvalue weighted by molar-refractivity contribution is 6.11. The summed E-state index contributed by atoms with van der Waals surface area (Å²) in [4.78, 5) is 12.3. The lowest BCUT2D eigenvalue weighted by atomic mass is 10.0. The van der Waals surface area contributed by atoms with Gasteiger partial charge in [-0.25, -0.2) is 8.78 Å². The van der Waals surface area contributed by atoms with Crippen LogP contribution in [0.3, 0.4) is 0 Å². The highest BCUT2D eigenvalue weighted by Gasteiger charge is 2.23. The summed E-state index contributed by atoms with van der Waals surface area (Å²) in [5, 5.41) is 0. The number of benzene rings is 2. The van der Waals surface area contributed by atoms with E-state index >= 15 is 0 Å². The van der Waals surface area contributed by atoms with Gasteiger partial charge < -0.3 is 9.47 Å². The predicted molar refractivity (Wildman–Crippen MR) is 69.3 cm³/mol. The van der Waals surface area contributed by atoms with E-state index in [1.165, 1.54) is 44.6 Å². The molecule has 0 saturated heterocycles. The van der Waals surface area contributed by atoms with E-state index in [2.05, 4.69) is 0 Å². The lowest BCUT2D eigenvalue weighted by molar-refractivity contribution is 0.102. The minimum Gasteiger partial charge on any atom is -0.496 e. The SMILES string of the molecule is COc1cccc(C(=O)c2c(F)cccc2OC)c1F. The third-order valence-corrected chi connectivity index (χ3v) is 2.85. The first-order valence-electron chi connectivity index (χ1n) is 5.79. The molecule has 5 heteroatoms. The molecule has 0 aromatic heterocycles. The van der Waals surface area contributed by atoms with Crippen molar-refractivity contribution in [2.45, 2.75) is 0 Å². The number of carbonyl (C=O) groups excluding carboxylic acids is 1. The molecule has 0 radical (unpaired) electrons. The summed E-state index contributed by atoms with van der Waals surface area (Å²) in [6, 6.07) is 8.08. The van der Waals surface area contributed by atoms with Crippen molar-refractivity contribution in [2.24, 2.45) is 0 Å². The fourth-order valence-electron chi connectivity index (χ4n) is 1.87. The molecule has 0 N–H and O–H groups in total. The van der Waals surface area contributed by atoms with Crippen LogP contribution in [-0.4, -0.2) is 20.0 Å². The Hall–Kier alpha value is -2.43. The quantitative estimate of drug-likeness (QED) is 0.806. The van der Waals surface area contributed by atoms with Crippen LogP contribution in [0.2, 0.25) is 0 Å². The Morgan fingerprint density at radius 3 is 2.20 bits per heavy atom. The van der Waals surface area contributed by atoms with Gasteiger partial charge in [-0.15, -0.1) is 0 Å². The molecule has 0 aliphatic rings. The van der Waals surface area contributed by atoms with Gasteiger partial charge in [0.15, 0.2) is 11.6 Å². The Morgan fingerprint density at radius 2 is 1.55 bits per heavy atom. The van der Waals surface area contributed by atoms with Crippen molar-refractivity contribution in [3.8, 4) is 11.5 Å². The predicted octanol–water partition coefficient (Wildman–Crippen LogP) is 3.21. The first kappa shape index (κ1) is 14.0. The number of halogens is 2. The number of methoxy groups -OCH3 is 2. The summed E-state index contributed by atoms with van der Waals surface area (Å²) in [6.45, 7) is 0. The van der Waals surface area contributed by atoms with Crippen molar-refractivity contribution < 1.29 is 23.0 Å².